The number of amides is 1. The Hall–Kier alpha value is -3.73. The topological polar surface area (TPSA) is 74.0 Å². The van der Waals surface area contributed by atoms with Gasteiger partial charge in [-0.1, -0.05) is 36.4 Å². The number of carbonyl (C=O) groups is 1. The first-order chi connectivity index (χ1) is 13.5. The molecule has 5 heteroatoms. The summed E-state index contributed by atoms with van der Waals surface area (Å²) in [6, 6.07) is 19.9. The Morgan fingerprint density at radius 1 is 0.893 bits per heavy atom. The van der Waals surface area contributed by atoms with Crippen molar-refractivity contribution in [1.29, 1.82) is 0 Å². The third kappa shape index (κ3) is 5.14. The largest absolute Gasteiger partial charge is 0.508 e. The number of nitrogens with one attached hydrogen (secondary N) is 1. The summed E-state index contributed by atoms with van der Waals surface area (Å²) in [4.78, 5) is 16.5. The number of benzene rings is 3. The lowest BCUT2D eigenvalue weighted by molar-refractivity contribution is 0.0955. The molecule has 0 saturated carbocycles. The van der Waals surface area contributed by atoms with Gasteiger partial charge in [0.25, 0.3) is 5.91 Å². The number of carbonyl (C=O) groups excluding carboxylic acids is 1. The van der Waals surface area contributed by atoms with Crippen LogP contribution >= 0.6 is 0 Å². The fraction of sp³-hybridized carbons (Fsp3) is 0.0870. The second-order valence-electron chi connectivity index (χ2n) is 6.46. The molecular weight excluding hydrogens is 350 g/mol. The van der Waals surface area contributed by atoms with Crippen molar-refractivity contribution in [2.24, 2.45) is 10.1 Å². The van der Waals surface area contributed by atoms with E-state index >= 15 is 0 Å². The second kappa shape index (κ2) is 8.77. The monoisotopic (exact) mass is 371 g/mol. The number of hydrazone groups is 1. The molecule has 0 aliphatic rings. The Morgan fingerprint density at radius 2 is 1.54 bits per heavy atom. The number of phenols is 1. The summed E-state index contributed by atoms with van der Waals surface area (Å²) in [6.07, 6.45) is 3.40. The van der Waals surface area contributed by atoms with Crippen molar-refractivity contribution in [3.8, 4) is 5.75 Å². The van der Waals surface area contributed by atoms with Crippen LogP contribution in [0.5, 0.6) is 5.75 Å². The van der Waals surface area contributed by atoms with Gasteiger partial charge in [-0.05, 0) is 66.4 Å². The number of hydrogen-bond acceptors (Lipinski definition) is 4. The van der Waals surface area contributed by atoms with E-state index in [4.69, 9.17) is 0 Å². The number of phenolic OH excluding ortho intramolecular Hbond substituents is 1. The van der Waals surface area contributed by atoms with Gasteiger partial charge in [-0.3, -0.25) is 9.79 Å². The highest BCUT2D eigenvalue weighted by atomic mass is 16.3. The second-order valence-corrected chi connectivity index (χ2v) is 6.46. The number of aromatic hydroxyl groups is 1. The molecule has 0 radical (unpaired) electrons. The third-order valence-corrected chi connectivity index (χ3v) is 4.16. The normalized spacial score (nSPS) is 11.2. The van der Waals surface area contributed by atoms with Gasteiger partial charge < -0.3 is 5.11 Å². The van der Waals surface area contributed by atoms with Crippen molar-refractivity contribution in [3.63, 3.8) is 0 Å². The summed E-state index contributed by atoms with van der Waals surface area (Å²) >= 11 is 0. The highest BCUT2D eigenvalue weighted by Gasteiger charge is 2.03. The molecule has 5 nitrogen and oxygen atoms in total. The van der Waals surface area contributed by atoms with E-state index in [1.807, 2.05) is 44.3 Å². The summed E-state index contributed by atoms with van der Waals surface area (Å²) < 4.78 is 0. The van der Waals surface area contributed by atoms with E-state index in [0.717, 1.165) is 22.4 Å². The Kier molecular flexibility index (Phi) is 5.97. The van der Waals surface area contributed by atoms with Crippen molar-refractivity contribution in [3.05, 3.63) is 94.5 Å². The van der Waals surface area contributed by atoms with E-state index in [1.54, 1.807) is 6.21 Å². The van der Waals surface area contributed by atoms with Gasteiger partial charge in [-0.25, -0.2) is 5.43 Å². The zero-order chi connectivity index (χ0) is 19.9. The van der Waals surface area contributed by atoms with Crippen LogP contribution < -0.4 is 5.43 Å². The van der Waals surface area contributed by atoms with E-state index in [-0.39, 0.29) is 11.7 Å². The molecule has 0 heterocycles. The van der Waals surface area contributed by atoms with E-state index in [2.05, 4.69) is 33.7 Å². The fourth-order valence-corrected chi connectivity index (χ4v) is 2.51. The Balaban J connectivity index is 1.60. The molecule has 0 spiro atoms. The summed E-state index contributed by atoms with van der Waals surface area (Å²) in [7, 11) is 0. The van der Waals surface area contributed by atoms with E-state index in [9.17, 15) is 9.90 Å². The highest BCUT2D eigenvalue weighted by molar-refractivity contribution is 5.95. The number of aliphatic imine (C=N–C) groups is 1. The summed E-state index contributed by atoms with van der Waals surface area (Å²) in [5.74, 6) is -0.227. The molecular formula is C23H21N3O2. The first kappa shape index (κ1) is 19.0. The lowest BCUT2D eigenvalue weighted by Crippen LogP contribution is -2.17. The van der Waals surface area contributed by atoms with Crippen molar-refractivity contribution in [2.75, 3.05) is 0 Å². The molecule has 0 atom stereocenters. The zero-order valence-corrected chi connectivity index (χ0v) is 15.8. The maximum absolute atomic E-state index is 11.9. The molecule has 1 amide bonds. The van der Waals surface area contributed by atoms with Crippen molar-refractivity contribution >= 4 is 24.0 Å². The Labute approximate surface area is 164 Å². The third-order valence-electron chi connectivity index (χ3n) is 4.16. The molecule has 3 aromatic carbocycles. The summed E-state index contributed by atoms with van der Waals surface area (Å²) in [6.45, 7) is 4.09. The van der Waals surface area contributed by atoms with Gasteiger partial charge in [0.15, 0.2) is 0 Å². The van der Waals surface area contributed by atoms with Crippen LogP contribution in [0.4, 0.5) is 5.69 Å². The van der Waals surface area contributed by atoms with E-state index < -0.39 is 0 Å². The standard InChI is InChI=1S/C23H21N3O2/c1-16-3-4-17(2)22(13-16)24-14-18-5-7-19(8-6-18)15-25-26-23(28)20-9-11-21(27)12-10-20/h3-15,27H,1-2H3,(H,26,28). The molecule has 3 rings (SSSR count). The first-order valence-corrected chi connectivity index (χ1v) is 8.85. The van der Waals surface area contributed by atoms with Crippen LogP contribution in [-0.2, 0) is 0 Å². The van der Waals surface area contributed by atoms with Crippen molar-refractivity contribution in [1.82, 2.24) is 5.43 Å². The maximum atomic E-state index is 11.9. The maximum Gasteiger partial charge on any atom is 0.271 e. The lowest BCUT2D eigenvalue weighted by Gasteiger charge is -2.02. The van der Waals surface area contributed by atoms with Crippen LogP contribution in [-0.4, -0.2) is 23.4 Å². The minimum Gasteiger partial charge on any atom is -0.508 e. The summed E-state index contributed by atoms with van der Waals surface area (Å²) in [5.41, 5.74) is 7.99. The molecule has 2 N–H and O–H groups in total. The van der Waals surface area contributed by atoms with E-state index in [0.29, 0.717) is 5.56 Å². The van der Waals surface area contributed by atoms with Gasteiger partial charge in [0.1, 0.15) is 5.75 Å². The van der Waals surface area contributed by atoms with Gasteiger partial charge >= 0.3 is 0 Å². The molecule has 0 fully saturated rings. The van der Waals surface area contributed by atoms with Crippen LogP contribution in [0.25, 0.3) is 0 Å². The van der Waals surface area contributed by atoms with Gasteiger partial charge in [0.2, 0.25) is 0 Å². The van der Waals surface area contributed by atoms with Gasteiger partial charge in [-0.2, -0.15) is 5.10 Å². The van der Waals surface area contributed by atoms with Gasteiger partial charge in [-0.15, -0.1) is 0 Å². The number of rotatable bonds is 5. The van der Waals surface area contributed by atoms with Crippen LogP contribution in [0.1, 0.15) is 32.6 Å². The first-order valence-electron chi connectivity index (χ1n) is 8.85. The number of hydrogen-bond donors (Lipinski definition) is 2. The van der Waals surface area contributed by atoms with Crippen molar-refractivity contribution < 1.29 is 9.90 Å². The minimum atomic E-state index is -0.339. The molecule has 0 aliphatic heterocycles. The van der Waals surface area contributed by atoms with Crippen LogP contribution in [0.15, 0.2) is 76.8 Å². The average Bonchev–Trinajstić information content (AvgIpc) is 2.70. The molecule has 0 saturated heterocycles. The van der Waals surface area contributed by atoms with Gasteiger partial charge in [0, 0.05) is 11.8 Å². The molecule has 28 heavy (non-hydrogen) atoms. The Bertz CT molecular complexity index is 1020. The van der Waals surface area contributed by atoms with Crippen LogP contribution in [0, 0.1) is 13.8 Å². The summed E-state index contributed by atoms with van der Waals surface area (Å²) in [5, 5.41) is 13.2. The number of aryl methyl sites for hydroxylation is 2. The smallest absolute Gasteiger partial charge is 0.271 e. The molecule has 0 unspecified atom stereocenters. The minimum absolute atomic E-state index is 0.112. The molecule has 140 valence electrons. The fourth-order valence-electron chi connectivity index (χ4n) is 2.51. The number of nitrogens with zero attached hydrogens (tertiary/aromatic N) is 2. The molecule has 3 aromatic rings. The predicted octanol–water partition coefficient (Wildman–Crippen LogP) is 4.52. The average molecular weight is 371 g/mol. The highest BCUT2D eigenvalue weighted by Crippen LogP contribution is 2.19. The zero-order valence-electron chi connectivity index (χ0n) is 15.8. The molecule has 0 aliphatic carbocycles. The molecule has 0 aromatic heterocycles. The predicted molar refractivity (Wildman–Crippen MR) is 113 cm³/mol. The molecule has 0 bridgehead atoms. The van der Waals surface area contributed by atoms with Crippen LogP contribution in [0.3, 0.4) is 0 Å². The van der Waals surface area contributed by atoms with E-state index in [1.165, 1.54) is 29.8 Å². The van der Waals surface area contributed by atoms with Crippen molar-refractivity contribution in [2.45, 2.75) is 13.8 Å². The van der Waals surface area contributed by atoms with Gasteiger partial charge in [0.05, 0.1) is 11.9 Å². The Morgan fingerprint density at radius 3 is 2.21 bits per heavy atom. The SMILES string of the molecule is Cc1ccc(C)c(N=Cc2ccc(C=NNC(=O)c3ccc(O)cc3)cc2)c1. The lowest BCUT2D eigenvalue weighted by atomic mass is 10.1. The quantitative estimate of drug-likeness (QED) is 0.511. The van der Waals surface area contributed by atoms with Crippen LogP contribution in [0.2, 0.25) is 0 Å².